The molecule has 4 rings (SSSR count). The predicted molar refractivity (Wildman–Crippen MR) is 109 cm³/mol. The number of hydrogen-bond acceptors (Lipinski definition) is 3. The first-order valence-corrected chi connectivity index (χ1v) is 7.69. The normalized spacial score (nSPS) is 10.1. The molecule has 2 N–H and O–H groups in total. The molecular weight excluding hydrogens is 391 g/mol. The van der Waals surface area contributed by atoms with E-state index in [1.54, 1.807) is 42.5 Å². The third-order valence-corrected chi connectivity index (χ3v) is 3.92. The molecule has 0 saturated carbocycles. The number of rotatable bonds is 2. The summed E-state index contributed by atoms with van der Waals surface area (Å²) in [5.74, 6) is -0.654. The van der Waals surface area contributed by atoms with E-state index >= 15 is 0 Å². The molecule has 27 heavy (non-hydrogen) atoms. The molecule has 0 bridgehead atoms. The van der Waals surface area contributed by atoms with E-state index in [9.17, 15) is 8.78 Å². The number of nitrogens with zero attached hydrogens (tertiary/aromatic N) is 2. The van der Waals surface area contributed by atoms with Crippen LogP contribution in [-0.4, -0.2) is 9.97 Å². The molecule has 0 aliphatic rings. The molecule has 1 aromatic heterocycles. The van der Waals surface area contributed by atoms with Gasteiger partial charge in [-0.3, -0.25) is 0 Å². The second-order valence-electron chi connectivity index (χ2n) is 5.68. The molecule has 0 unspecified atom stereocenters. The van der Waals surface area contributed by atoms with Crippen LogP contribution in [0.5, 0.6) is 0 Å². The number of benzene rings is 3. The maximum atomic E-state index is 13.3. The Hall–Kier alpha value is -2.76. The Morgan fingerprint density at radius 1 is 0.593 bits per heavy atom. The number of fused-ring (bicyclic) bond motifs is 1. The van der Waals surface area contributed by atoms with Crippen LogP contribution in [-0.2, 0) is 0 Å². The first kappa shape index (κ1) is 20.6. The summed E-state index contributed by atoms with van der Waals surface area (Å²) in [6.45, 7) is 0. The van der Waals surface area contributed by atoms with E-state index in [1.165, 1.54) is 24.3 Å². The fourth-order valence-corrected chi connectivity index (χ4v) is 2.69. The smallest absolute Gasteiger partial charge is 0.123 e. The number of nitrogen functional groups attached to an aromatic ring is 1. The Bertz CT molecular complexity index is 1070. The summed E-state index contributed by atoms with van der Waals surface area (Å²) in [7, 11) is 0. The number of nitrogens with two attached hydrogens (primary N) is 1. The van der Waals surface area contributed by atoms with Gasteiger partial charge in [0.2, 0.25) is 0 Å². The van der Waals surface area contributed by atoms with E-state index in [-0.39, 0.29) is 36.4 Å². The van der Waals surface area contributed by atoms with Crippen LogP contribution in [0.1, 0.15) is 0 Å². The van der Waals surface area contributed by atoms with Crippen LogP contribution >= 0.6 is 24.8 Å². The van der Waals surface area contributed by atoms with Crippen molar-refractivity contribution in [1.82, 2.24) is 9.97 Å². The van der Waals surface area contributed by atoms with E-state index in [1.807, 2.05) is 0 Å². The number of halogens is 4. The fourth-order valence-electron chi connectivity index (χ4n) is 2.69. The van der Waals surface area contributed by atoms with E-state index in [2.05, 4.69) is 9.97 Å². The highest BCUT2D eigenvalue weighted by atomic mass is 35.5. The van der Waals surface area contributed by atoms with Crippen molar-refractivity contribution < 1.29 is 8.78 Å². The van der Waals surface area contributed by atoms with Gasteiger partial charge in [0.15, 0.2) is 0 Å². The summed E-state index contributed by atoms with van der Waals surface area (Å²) in [5, 5.41) is 0. The second-order valence-corrected chi connectivity index (χ2v) is 5.68. The zero-order valence-corrected chi connectivity index (χ0v) is 15.5. The number of hydrogen-bond donors (Lipinski definition) is 1. The third-order valence-electron chi connectivity index (χ3n) is 3.92. The van der Waals surface area contributed by atoms with Gasteiger partial charge in [0.05, 0.1) is 22.4 Å². The Kier molecular flexibility index (Phi) is 6.31. The molecule has 0 fully saturated rings. The Labute approximate surface area is 167 Å². The van der Waals surface area contributed by atoms with Crippen molar-refractivity contribution in [2.75, 3.05) is 5.73 Å². The minimum Gasteiger partial charge on any atom is -0.399 e. The molecule has 4 aromatic rings. The van der Waals surface area contributed by atoms with Gasteiger partial charge < -0.3 is 5.73 Å². The maximum absolute atomic E-state index is 13.3. The van der Waals surface area contributed by atoms with E-state index in [4.69, 9.17) is 5.73 Å². The van der Waals surface area contributed by atoms with Crippen molar-refractivity contribution >= 4 is 41.5 Å². The van der Waals surface area contributed by atoms with Crippen LogP contribution in [0.4, 0.5) is 14.5 Å². The highest BCUT2D eigenvalue weighted by Gasteiger charge is 2.13. The molecule has 0 aliphatic heterocycles. The van der Waals surface area contributed by atoms with Gasteiger partial charge in [0.1, 0.15) is 11.6 Å². The van der Waals surface area contributed by atoms with Gasteiger partial charge in [-0.15, -0.1) is 24.8 Å². The summed E-state index contributed by atoms with van der Waals surface area (Å²) in [5.41, 5.74) is 10.4. The van der Waals surface area contributed by atoms with Crippen molar-refractivity contribution in [3.63, 3.8) is 0 Å². The molecular formula is C20H15Cl2F2N3. The second kappa shape index (κ2) is 8.29. The van der Waals surface area contributed by atoms with Crippen molar-refractivity contribution in [1.29, 1.82) is 0 Å². The van der Waals surface area contributed by atoms with Crippen LogP contribution in [0.3, 0.4) is 0 Å². The molecule has 3 aromatic carbocycles. The fraction of sp³-hybridized carbons (Fsp3) is 0. The Morgan fingerprint density at radius 3 is 1.52 bits per heavy atom. The molecule has 0 aliphatic carbocycles. The lowest BCUT2D eigenvalue weighted by Gasteiger charge is -2.11. The van der Waals surface area contributed by atoms with Gasteiger partial charge in [0, 0.05) is 16.8 Å². The average molecular weight is 406 g/mol. The van der Waals surface area contributed by atoms with Crippen LogP contribution in [0.2, 0.25) is 0 Å². The first-order valence-electron chi connectivity index (χ1n) is 7.69. The number of aromatic nitrogens is 2. The molecule has 0 amide bonds. The van der Waals surface area contributed by atoms with Gasteiger partial charge in [-0.1, -0.05) is 0 Å². The summed E-state index contributed by atoms with van der Waals surface area (Å²) in [6, 6.07) is 17.4. The largest absolute Gasteiger partial charge is 0.399 e. The molecule has 3 nitrogen and oxygen atoms in total. The zero-order chi connectivity index (χ0) is 17.4. The van der Waals surface area contributed by atoms with Crippen LogP contribution in [0, 0.1) is 11.6 Å². The van der Waals surface area contributed by atoms with E-state index in [0.717, 1.165) is 11.1 Å². The third kappa shape index (κ3) is 4.15. The van der Waals surface area contributed by atoms with Crippen molar-refractivity contribution in [3.05, 3.63) is 78.4 Å². The molecule has 138 valence electrons. The highest BCUT2D eigenvalue weighted by Crippen LogP contribution is 2.31. The van der Waals surface area contributed by atoms with Gasteiger partial charge >= 0.3 is 0 Å². The van der Waals surface area contributed by atoms with Gasteiger partial charge in [-0.25, -0.2) is 18.7 Å². The summed E-state index contributed by atoms with van der Waals surface area (Å²) in [4.78, 5) is 9.36. The van der Waals surface area contributed by atoms with E-state index < -0.39 is 0 Å². The van der Waals surface area contributed by atoms with Crippen molar-refractivity contribution in [3.8, 4) is 22.5 Å². The van der Waals surface area contributed by atoms with Crippen molar-refractivity contribution in [2.24, 2.45) is 0 Å². The quantitative estimate of drug-likeness (QED) is 0.437. The maximum Gasteiger partial charge on any atom is 0.123 e. The van der Waals surface area contributed by atoms with Crippen LogP contribution < -0.4 is 5.73 Å². The molecule has 0 atom stereocenters. The zero-order valence-electron chi connectivity index (χ0n) is 13.9. The monoisotopic (exact) mass is 405 g/mol. The standard InChI is InChI=1S/C20H13F2N3.2ClH/c21-14-5-1-12(2-6-14)19-20(13-3-7-15(22)8-4-13)25-18-11-16(23)9-10-17(18)24-19;;/h1-11H,23H2;2*1H. The molecule has 1 heterocycles. The molecule has 7 heteroatoms. The van der Waals surface area contributed by atoms with Crippen molar-refractivity contribution in [2.45, 2.75) is 0 Å². The molecule has 0 saturated heterocycles. The highest BCUT2D eigenvalue weighted by molar-refractivity contribution is 5.87. The summed E-state index contributed by atoms with van der Waals surface area (Å²) >= 11 is 0. The van der Waals surface area contributed by atoms with Gasteiger partial charge in [-0.05, 0) is 66.7 Å². The topological polar surface area (TPSA) is 51.8 Å². The summed E-state index contributed by atoms with van der Waals surface area (Å²) in [6.07, 6.45) is 0. The van der Waals surface area contributed by atoms with Crippen LogP contribution in [0.25, 0.3) is 33.5 Å². The first-order chi connectivity index (χ1) is 12.1. The minimum atomic E-state index is -0.329. The Morgan fingerprint density at radius 2 is 1.04 bits per heavy atom. The van der Waals surface area contributed by atoms with E-state index in [0.29, 0.717) is 28.1 Å². The molecule has 0 radical (unpaired) electrons. The van der Waals surface area contributed by atoms with Gasteiger partial charge in [-0.2, -0.15) is 0 Å². The Balaban J connectivity index is 0.00000131. The average Bonchev–Trinajstić information content (AvgIpc) is 2.62. The van der Waals surface area contributed by atoms with Crippen LogP contribution in [0.15, 0.2) is 66.7 Å². The number of anilines is 1. The lowest BCUT2D eigenvalue weighted by molar-refractivity contribution is 0.627. The lowest BCUT2D eigenvalue weighted by Crippen LogP contribution is -1.96. The summed E-state index contributed by atoms with van der Waals surface area (Å²) < 4.78 is 26.6. The van der Waals surface area contributed by atoms with Gasteiger partial charge in [0.25, 0.3) is 0 Å². The SMILES string of the molecule is Cl.Cl.Nc1ccc2nc(-c3ccc(F)cc3)c(-c3ccc(F)cc3)nc2c1. The predicted octanol–water partition coefficient (Wildman–Crippen LogP) is 5.67. The molecule has 0 spiro atoms. The minimum absolute atomic E-state index is 0. The lowest BCUT2D eigenvalue weighted by atomic mass is 10.0.